The molecule has 2 aromatic heterocycles. The largest absolute Gasteiger partial charge is 0.480 e. The number of rotatable bonds is 4. The fourth-order valence-corrected chi connectivity index (χ4v) is 2.70. The monoisotopic (exact) mass is 237 g/mol. The van der Waals surface area contributed by atoms with Crippen LogP contribution in [0.25, 0.3) is 4.96 Å². The van der Waals surface area contributed by atoms with Crippen LogP contribution in [0.1, 0.15) is 19.0 Å². The Morgan fingerprint density at radius 3 is 3.19 bits per heavy atom. The second-order valence-corrected chi connectivity index (χ2v) is 5.20. The minimum atomic E-state index is 0.675. The molecule has 1 fully saturated rings. The Bertz CT molecular complexity index is 504. The summed E-state index contributed by atoms with van der Waals surface area (Å²) >= 11 is 1.63. The van der Waals surface area contributed by atoms with Gasteiger partial charge in [0.05, 0.1) is 7.11 Å². The summed E-state index contributed by atoms with van der Waals surface area (Å²) in [7, 11) is 1.68. The van der Waals surface area contributed by atoms with Crippen molar-refractivity contribution in [3.8, 4) is 5.88 Å². The number of thiazole rings is 1. The number of hydrogen-bond acceptors (Lipinski definition) is 4. The van der Waals surface area contributed by atoms with E-state index in [1.807, 2.05) is 11.6 Å². The molecule has 0 saturated heterocycles. The summed E-state index contributed by atoms with van der Waals surface area (Å²) in [6, 6.07) is 0.675. The second-order valence-electron chi connectivity index (χ2n) is 4.32. The lowest BCUT2D eigenvalue weighted by Crippen LogP contribution is -2.18. The Labute approximate surface area is 98.3 Å². The van der Waals surface area contributed by atoms with E-state index < -0.39 is 0 Å². The quantitative estimate of drug-likeness (QED) is 0.882. The van der Waals surface area contributed by atoms with E-state index in [1.165, 1.54) is 6.42 Å². The molecule has 0 amide bonds. The molecule has 1 saturated carbocycles. The molecule has 0 aromatic carbocycles. The predicted octanol–water partition coefficient (Wildman–Crippen LogP) is 1.90. The number of ether oxygens (including phenoxy) is 1. The van der Waals surface area contributed by atoms with Crippen molar-refractivity contribution < 1.29 is 4.74 Å². The highest BCUT2D eigenvalue weighted by Gasteiger charge is 2.32. The third-order valence-corrected chi connectivity index (χ3v) is 3.92. The van der Waals surface area contributed by atoms with Crippen LogP contribution in [0.3, 0.4) is 0 Å². The van der Waals surface area contributed by atoms with Crippen LogP contribution in [0.2, 0.25) is 0 Å². The summed E-state index contributed by atoms with van der Waals surface area (Å²) in [5.74, 6) is 1.56. The van der Waals surface area contributed by atoms with Crippen LogP contribution >= 0.6 is 11.3 Å². The van der Waals surface area contributed by atoms with E-state index in [-0.39, 0.29) is 0 Å². The molecule has 86 valence electrons. The molecule has 0 radical (unpaired) electrons. The topological polar surface area (TPSA) is 38.6 Å². The van der Waals surface area contributed by atoms with Crippen molar-refractivity contribution in [1.29, 1.82) is 0 Å². The lowest BCUT2D eigenvalue weighted by Gasteiger charge is -2.04. The van der Waals surface area contributed by atoms with Crippen LogP contribution in [0.4, 0.5) is 0 Å². The van der Waals surface area contributed by atoms with E-state index in [9.17, 15) is 0 Å². The van der Waals surface area contributed by atoms with E-state index in [0.717, 1.165) is 29.0 Å². The van der Waals surface area contributed by atoms with Gasteiger partial charge in [-0.15, -0.1) is 11.3 Å². The summed E-state index contributed by atoms with van der Waals surface area (Å²) < 4.78 is 7.40. The number of methoxy groups -OCH3 is 1. The van der Waals surface area contributed by atoms with Crippen LogP contribution in [0.15, 0.2) is 11.6 Å². The Kier molecular flexibility index (Phi) is 2.37. The summed E-state index contributed by atoms with van der Waals surface area (Å²) in [4.78, 5) is 5.43. The zero-order valence-corrected chi connectivity index (χ0v) is 10.3. The first kappa shape index (κ1) is 10.1. The van der Waals surface area contributed by atoms with E-state index in [2.05, 4.69) is 21.6 Å². The second kappa shape index (κ2) is 3.75. The predicted molar refractivity (Wildman–Crippen MR) is 64.0 cm³/mol. The summed E-state index contributed by atoms with van der Waals surface area (Å²) in [5.41, 5.74) is 1.12. The third-order valence-electron chi connectivity index (χ3n) is 3.16. The highest BCUT2D eigenvalue weighted by molar-refractivity contribution is 7.15. The zero-order valence-electron chi connectivity index (χ0n) is 9.43. The van der Waals surface area contributed by atoms with Gasteiger partial charge in [0.25, 0.3) is 0 Å². The molecule has 0 spiro atoms. The van der Waals surface area contributed by atoms with Gasteiger partial charge in [0.2, 0.25) is 5.88 Å². The maximum atomic E-state index is 5.30. The van der Waals surface area contributed by atoms with Crippen LogP contribution in [-0.2, 0) is 6.54 Å². The van der Waals surface area contributed by atoms with Gasteiger partial charge in [0.15, 0.2) is 4.96 Å². The number of imidazole rings is 1. The summed E-state index contributed by atoms with van der Waals surface area (Å²) in [6.07, 6.45) is 3.33. The standard InChI is InChI=1S/C11H15N3OS/c1-7-5-8(7)12-6-9-10(15-2)13-11-14(9)3-4-16-11/h3-4,7-8,12H,5-6H2,1-2H3. The minimum Gasteiger partial charge on any atom is -0.480 e. The lowest BCUT2D eigenvalue weighted by atomic mass is 10.4. The Balaban J connectivity index is 1.84. The number of nitrogens with zero attached hydrogens (tertiary/aromatic N) is 2. The van der Waals surface area contributed by atoms with E-state index >= 15 is 0 Å². The number of nitrogens with one attached hydrogen (secondary N) is 1. The van der Waals surface area contributed by atoms with Gasteiger partial charge >= 0.3 is 0 Å². The maximum absolute atomic E-state index is 5.30. The van der Waals surface area contributed by atoms with Crippen LogP contribution in [0, 0.1) is 5.92 Å². The molecule has 1 aliphatic rings. The molecule has 1 aliphatic carbocycles. The molecule has 3 rings (SSSR count). The van der Waals surface area contributed by atoms with E-state index in [0.29, 0.717) is 6.04 Å². The van der Waals surface area contributed by atoms with Gasteiger partial charge in [0, 0.05) is 24.2 Å². The summed E-state index contributed by atoms with van der Waals surface area (Å²) in [5, 5.41) is 5.58. The van der Waals surface area contributed by atoms with Gasteiger partial charge in [-0.2, -0.15) is 4.98 Å². The van der Waals surface area contributed by atoms with Crippen LogP contribution in [-0.4, -0.2) is 22.5 Å². The van der Waals surface area contributed by atoms with Crippen LogP contribution in [0.5, 0.6) is 5.88 Å². The number of hydrogen-bond donors (Lipinski definition) is 1. The molecule has 1 N–H and O–H groups in total. The smallest absolute Gasteiger partial charge is 0.237 e. The average molecular weight is 237 g/mol. The fraction of sp³-hybridized carbons (Fsp3) is 0.545. The van der Waals surface area contributed by atoms with Crippen molar-refractivity contribution in [2.45, 2.75) is 25.9 Å². The molecule has 2 aromatic rings. The highest BCUT2D eigenvalue weighted by atomic mass is 32.1. The first-order valence-electron chi connectivity index (χ1n) is 5.51. The minimum absolute atomic E-state index is 0.675. The first-order valence-corrected chi connectivity index (χ1v) is 6.39. The van der Waals surface area contributed by atoms with Gasteiger partial charge in [-0.25, -0.2) is 0 Å². The fourth-order valence-electron chi connectivity index (χ4n) is 1.97. The van der Waals surface area contributed by atoms with Crippen molar-refractivity contribution in [3.05, 3.63) is 17.3 Å². The maximum Gasteiger partial charge on any atom is 0.237 e. The van der Waals surface area contributed by atoms with Crippen molar-refractivity contribution >= 4 is 16.3 Å². The average Bonchev–Trinajstić information content (AvgIpc) is 2.72. The molecule has 0 bridgehead atoms. The Hall–Kier alpha value is -1.07. The summed E-state index contributed by atoms with van der Waals surface area (Å²) in [6.45, 7) is 3.10. The van der Waals surface area contributed by atoms with E-state index in [1.54, 1.807) is 18.4 Å². The number of aromatic nitrogens is 2. The molecule has 4 nitrogen and oxygen atoms in total. The normalized spacial score (nSPS) is 23.9. The molecule has 2 heterocycles. The number of fused-ring (bicyclic) bond motifs is 1. The molecule has 2 unspecified atom stereocenters. The molecular weight excluding hydrogens is 222 g/mol. The third kappa shape index (κ3) is 1.60. The van der Waals surface area contributed by atoms with Gasteiger partial charge in [-0.1, -0.05) is 6.92 Å². The van der Waals surface area contributed by atoms with Crippen molar-refractivity contribution in [2.24, 2.45) is 5.92 Å². The molecular formula is C11H15N3OS. The van der Waals surface area contributed by atoms with Gasteiger partial charge in [-0.3, -0.25) is 4.40 Å². The van der Waals surface area contributed by atoms with Crippen molar-refractivity contribution in [2.75, 3.05) is 7.11 Å². The molecule has 0 aliphatic heterocycles. The van der Waals surface area contributed by atoms with E-state index in [4.69, 9.17) is 4.74 Å². The molecule has 16 heavy (non-hydrogen) atoms. The molecule has 2 atom stereocenters. The zero-order chi connectivity index (χ0) is 11.1. The lowest BCUT2D eigenvalue weighted by molar-refractivity contribution is 0.392. The Morgan fingerprint density at radius 1 is 1.69 bits per heavy atom. The van der Waals surface area contributed by atoms with Crippen molar-refractivity contribution in [1.82, 2.24) is 14.7 Å². The SMILES string of the molecule is COc1nc2sccn2c1CNC1CC1C. The highest BCUT2D eigenvalue weighted by Crippen LogP contribution is 2.30. The van der Waals surface area contributed by atoms with Gasteiger partial charge < -0.3 is 10.1 Å². The van der Waals surface area contributed by atoms with Gasteiger partial charge in [0.1, 0.15) is 5.69 Å². The van der Waals surface area contributed by atoms with Gasteiger partial charge in [-0.05, 0) is 12.3 Å². The molecule has 5 heteroatoms. The first-order chi connectivity index (χ1) is 7.79. The Morgan fingerprint density at radius 2 is 2.50 bits per heavy atom. The van der Waals surface area contributed by atoms with Crippen molar-refractivity contribution in [3.63, 3.8) is 0 Å². The van der Waals surface area contributed by atoms with Crippen LogP contribution < -0.4 is 10.1 Å².